The Morgan fingerprint density at radius 2 is 2.11 bits per heavy atom. The van der Waals surface area contributed by atoms with Crippen LogP contribution >= 0.6 is 23.4 Å². The number of nitrogens with one attached hydrogen (secondary N) is 2. The van der Waals surface area contributed by atoms with E-state index in [1.807, 2.05) is 19.1 Å². The maximum atomic E-state index is 12.1. The number of halogens is 1. The molecular weight excluding hydrogens is 384 g/mol. The van der Waals surface area contributed by atoms with Crippen molar-refractivity contribution in [3.05, 3.63) is 34.6 Å². The Morgan fingerprint density at radius 1 is 1.33 bits per heavy atom. The van der Waals surface area contributed by atoms with Gasteiger partial charge in [0.15, 0.2) is 5.82 Å². The molecule has 0 saturated heterocycles. The molecule has 0 unspecified atom stereocenters. The Kier molecular flexibility index (Phi) is 7.41. The molecule has 0 bridgehead atoms. The first kappa shape index (κ1) is 20.0. The summed E-state index contributed by atoms with van der Waals surface area (Å²) in [6, 6.07) is 5.83. The molecule has 1 aromatic carbocycles. The first-order valence-corrected chi connectivity index (χ1v) is 10.7. The zero-order valence-electron chi connectivity index (χ0n) is 15.5. The molecule has 1 aliphatic carbocycles. The fraction of sp³-hybridized carbons (Fsp3) is 0.526. The van der Waals surface area contributed by atoms with Crippen LogP contribution in [0.2, 0.25) is 5.02 Å². The molecule has 1 saturated carbocycles. The number of thioether (sulfide) groups is 1. The molecule has 1 aromatic heterocycles. The van der Waals surface area contributed by atoms with Crippen LogP contribution in [0.1, 0.15) is 49.9 Å². The van der Waals surface area contributed by atoms with Crippen molar-refractivity contribution < 1.29 is 9.53 Å². The van der Waals surface area contributed by atoms with Crippen molar-refractivity contribution in [1.82, 2.24) is 20.5 Å². The second-order valence-corrected chi connectivity index (χ2v) is 8.16. The molecule has 1 amide bonds. The Labute approximate surface area is 168 Å². The lowest BCUT2D eigenvalue weighted by Gasteiger charge is -2.15. The highest BCUT2D eigenvalue weighted by Crippen LogP contribution is 2.22. The molecule has 146 valence electrons. The number of hydrogen-bond donors (Lipinski definition) is 2. The standard InChI is InChI=1S/C19H25ClN4O2S/c1-13-10-15(8-9-16(13)20)26-11-17-22-19(24-23-17)27-12-18(25)21-14-6-4-2-3-5-7-14/h8-10,14H,2-7,11-12H2,1H3,(H,21,25)(H,22,23,24). The van der Waals surface area contributed by atoms with Crippen LogP contribution in [0.15, 0.2) is 23.4 Å². The van der Waals surface area contributed by atoms with E-state index in [1.54, 1.807) is 6.07 Å². The van der Waals surface area contributed by atoms with Gasteiger partial charge in [0, 0.05) is 11.1 Å². The first-order chi connectivity index (χ1) is 13.1. The average Bonchev–Trinajstić information content (AvgIpc) is 2.96. The van der Waals surface area contributed by atoms with Gasteiger partial charge in [-0.05, 0) is 43.5 Å². The molecule has 27 heavy (non-hydrogen) atoms. The van der Waals surface area contributed by atoms with Gasteiger partial charge in [-0.3, -0.25) is 9.89 Å². The zero-order chi connectivity index (χ0) is 19.1. The van der Waals surface area contributed by atoms with Gasteiger partial charge in [-0.2, -0.15) is 0 Å². The zero-order valence-corrected chi connectivity index (χ0v) is 17.0. The van der Waals surface area contributed by atoms with Crippen LogP contribution < -0.4 is 10.1 Å². The normalized spacial score (nSPS) is 15.3. The van der Waals surface area contributed by atoms with Gasteiger partial charge >= 0.3 is 0 Å². The molecule has 2 N–H and O–H groups in total. The van der Waals surface area contributed by atoms with Crippen LogP contribution in [0.5, 0.6) is 5.75 Å². The van der Waals surface area contributed by atoms with Gasteiger partial charge in [-0.25, -0.2) is 4.98 Å². The monoisotopic (exact) mass is 408 g/mol. The van der Waals surface area contributed by atoms with Crippen molar-refractivity contribution in [3.8, 4) is 5.75 Å². The van der Waals surface area contributed by atoms with Crippen LogP contribution in [-0.4, -0.2) is 32.9 Å². The van der Waals surface area contributed by atoms with Gasteiger partial charge in [0.1, 0.15) is 12.4 Å². The second-order valence-electron chi connectivity index (χ2n) is 6.81. The Morgan fingerprint density at radius 3 is 2.85 bits per heavy atom. The molecule has 8 heteroatoms. The van der Waals surface area contributed by atoms with E-state index >= 15 is 0 Å². The summed E-state index contributed by atoms with van der Waals surface area (Å²) in [6.45, 7) is 2.21. The van der Waals surface area contributed by atoms with Crippen molar-refractivity contribution >= 4 is 29.3 Å². The highest BCUT2D eigenvalue weighted by Gasteiger charge is 2.15. The maximum absolute atomic E-state index is 12.1. The number of ether oxygens (including phenoxy) is 1. The SMILES string of the molecule is Cc1cc(OCc2nc(SCC(=O)NC3CCCCCC3)n[nH]2)ccc1Cl. The quantitative estimate of drug-likeness (QED) is 0.528. The summed E-state index contributed by atoms with van der Waals surface area (Å²) in [5, 5.41) is 11.4. The lowest BCUT2D eigenvalue weighted by Crippen LogP contribution is -2.35. The third kappa shape index (κ3) is 6.43. The van der Waals surface area contributed by atoms with Crippen molar-refractivity contribution in [1.29, 1.82) is 0 Å². The predicted molar refractivity (Wildman–Crippen MR) is 107 cm³/mol. The van der Waals surface area contributed by atoms with Crippen molar-refractivity contribution in [2.24, 2.45) is 0 Å². The van der Waals surface area contributed by atoms with E-state index < -0.39 is 0 Å². The van der Waals surface area contributed by atoms with Gasteiger partial charge in [-0.15, -0.1) is 5.10 Å². The minimum Gasteiger partial charge on any atom is -0.486 e. The molecule has 6 nitrogen and oxygen atoms in total. The van der Waals surface area contributed by atoms with E-state index in [2.05, 4.69) is 20.5 Å². The minimum absolute atomic E-state index is 0.0474. The smallest absolute Gasteiger partial charge is 0.230 e. The van der Waals surface area contributed by atoms with Gasteiger partial charge < -0.3 is 10.1 Å². The summed E-state index contributed by atoms with van der Waals surface area (Å²) >= 11 is 7.34. The highest BCUT2D eigenvalue weighted by molar-refractivity contribution is 7.99. The van der Waals surface area contributed by atoms with Crippen molar-refractivity contribution in [2.45, 2.75) is 63.3 Å². The van der Waals surface area contributed by atoms with Crippen LogP contribution in [0.25, 0.3) is 0 Å². The summed E-state index contributed by atoms with van der Waals surface area (Å²) in [4.78, 5) is 16.5. The summed E-state index contributed by atoms with van der Waals surface area (Å²) in [5.74, 6) is 1.72. The van der Waals surface area contributed by atoms with E-state index in [0.29, 0.717) is 27.8 Å². The number of rotatable bonds is 7. The molecule has 1 aliphatic rings. The molecule has 3 rings (SSSR count). The summed E-state index contributed by atoms with van der Waals surface area (Å²) in [6.07, 6.45) is 7.13. The van der Waals surface area contributed by atoms with E-state index in [0.717, 1.165) is 24.2 Å². The number of carbonyl (C=O) groups excluding carboxylic acids is 1. The highest BCUT2D eigenvalue weighted by atomic mass is 35.5. The molecule has 2 aromatic rings. The lowest BCUT2D eigenvalue weighted by molar-refractivity contribution is -0.119. The van der Waals surface area contributed by atoms with E-state index in [4.69, 9.17) is 16.3 Å². The number of benzene rings is 1. The first-order valence-electron chi connectivity index (χ1n) is 9.32. The number of aromatic nitrogens is 3. The van der Waals surface area contributed by atoms with Gasteiger partial charge in [0.05, 0.1) is 5.75 Å². The van der Waals surface area contributed by atoms with Gasteiger partial charge in [0.2, 0.25) is 11.1 Å². The topological polar surface area (TPSA) is 79.9 Å². The fourth-order valence-electron chi connectivity index (χ4n) is 3.09. The summed E-state index contributed by atoms with van der Waals surface area (Å²) in [7, 11) is 0. The predicted octanol–water partition coefficient (Wildman–Crippen LogP) is 4.28. The van der Waals surface area contributed by atoms with Crippen molar-refractivity contribution in [3.63, 3.8) is 0 Å². The Balaban J connectivity index is 1.42. The molecule has 0 aliphatic heterocycles. The number of hydrogen-bond acceptors (Lipinski definition) is 5. The minimum atomic E-state index is 0.0474. The van der Waals surface area contributed by atoms with Gasteiger partial charge in [0.25, 0.3) is 0 Å². The molecule has 0 radical (unpaired) electrons. The molecule has 0 spiro atoms. The van der Waals surface area contributed by atoms with E-state index in [9.17, 15) is 4.79 Å². The van der Waals surface area contributed by atoms with Crippen LogP contribution in [0, 0.1) is 6.92 Å². The number of aryl methyl sites for hydroxylation is 1. The van der Waals surface area contributed by atoms with E-state index in [1.165, 1.54) is 37.4 Å². The number of carbonyl (C=O) groups is 1. The summed E-state index contributed by atoms with van der Waals surface area (Å²) in [5.41, 5.74) is 0.961. The summed E-state index contributed by atoms with van der Waals surface area (Å²) < 4.78 is 5.70. The number of amides is 1. The largest absolute Gasteiger partial charge is 0.486 e. The molecule has 1 heterocycles. The molecule has 1 fully saturated rings. The maximum Gasteiger partial charge on any atom is 0.230 e. The fourth-order valence-corrected chi connectivity index (χ4v) is 3.83. The van der Waals surface area contributed by atoms with Crippen LogP contribution in [0.4, 0.5) is 0 Å². The van der Waals surface area contributed by atoms with Crippen molar-refractivity contribution in [2.75, 3.05) is 5.75 Å². The average molecular weight is 409 g/mol. The van der Waals surface area contributed by atoms with E-state index in [-0.39, 0.29) is 12.5 Å². The number of H-pyrrole nitrogens is 1. The third-order valence-electron chi connectivity index (χ3n) is 4.57. The molecule has 0 atom stereocenters. The van der Waals surface area contributed by atoms with Gasteiger partial charge in [-0.1, -0.05) is 49.0 Å². The van der Waals surface area contributed by atoms with Crippen LogP contribution in [-0.2, 0) is 11.4 Å². The number of nitrogens with zero attached hydrogens (tertiary/aromatic N) is 2. The van der Waals surface area contributed by atoms with Crippen LogP contribution in [0.3, 0.4) is 0 Å². The second kappa shape index (κ2) is 9.99. The number of aromatic amines is 1. The molecular formula is C19H25ClN4O2S. The Hall–Kier alpha value is -1.73. The lowest BCUT2D eigenvalue weighted by atomic mass is 10.1. The Bertz CT molecular complexity index is 760. The third-order valence-corrected chi connectivity index (χ3v) is 5.84.